The second-order valence-electron chi connectivity index (χ2n) is 4.51. The van der Waals surface area contributed by atoms with Gasteiger partial charge in [-0.1, -0.05) is 6.07 Å². The number of methoxy groups -OCH3 is 1. The van der Waals surface area contributed by atoms with Crippen LogP contribution in [0.5, 0.6) is 0 Å². The molecule has 1 fully saturated rings. The van der Waals surface area contributed by atoms with E-state index in [1.807, 2.05) is 6.20 Å². The lowest BCUT2D eigenvalue weighted by atomic mass is 10.1. The lowest BCUT2D eigenvalue weighted by Crippen LogP contribution is -2.51. The molecule has 1 aromatic rings. The molecule has 4 nitrogen and oxygen atoms in total. The van der Waals surface area contributed by atoms with Gasteiger partial charge in [-0.05, 0) is 18.6 Å². The van der Waals surface area contributed by atoms with E-state index in [1.54, 1.807) is 7.11 Å². The standard InChI is InChI=1S/C13H20N2O2/c1-11-3-4-12(14-7-11)8-15-9-13(10-15)17-6-5-16-2/h3-4,7,13H,5-6,8-10H2,1-2H3. The molecule has 0 atom stereocenters. The molecule has 0 aromatic carbocycles. The molecule has 0 bridgehead atoms. The third-order valence-corrected chi connectivity index (χ3v) is 2.92. The molecule has 1 aliphatic heterocycles. The normalized spacial score (nSPS) is 17.1. The van der Waals surface area contributed by atoms with Gasteiger partial charge in [0.1, 0.15) is 0 Å². The average molecular weight is 236 g/mol. The Morgan fingerprint density at radius 3 is 2.82 bits per heavy atom. The van der Waals surface area contributed by atoms with Gasteiger partial charge in [-0.25, -0.2) is 0 Å². The van der Waals surface area contributed by atoms with Gasteiger partial charge in [0.15, 0.2) is 0 Å². The molecule has 0 radical (unpaired) electrons. The maximum Gasteiger partial charge on any atom is 0.0830 e. The summed E-state index contributed by atoms with van der Waals surface area (Å²) < 4.78 is 10.6. The lowest BCUT2D eigenvalue weighted by molar-refractivity contribution is -0.0702. The fourth-order valence-electron chi connectivity index (χ4n) is 1.88. The van der Waals surface area contributed by atoms with E-state index in [-0.39, 0.29) is 0 Å². The van der Waals surface area contributed by atoms with Crippen molar-refractivity contribution in [1.82, 2.24) is 9.88 Å². The highest BCUT2D eigenvalue weighted by molar-refractivity contribution is 5.12. The van der Waals surface area contributed by atoms with Gasteiger partial charge in [0.25, 0.3) is 0 Å². The largest absolute Gasteiger partial charge is 0.382 e. The first-order valence-electron chi connectivity index (χ1n) is 6.02. The Kier molecular flexibility index (Phi) is 4.48. The second kappa shape index (κ2) is 6.10. The van der Waals surface area contributed by atoms with E-state index in [0.717, 1.165) is 25.3 Å². The zero-order valence-electron chi connectivity index (χ0n) is 10.6. The Labute approximate surface area is 103 Å². The van der Waals surface area contributed by atoms with Crippen LogP contribution in [0.2, 0.25) is 0 Å². The van der Waals surface area contributed by atoms with E-state index >= 15 is 0 Å². The van der Waals surface area contributed by atoms with Gasteiger partial charge < -0.3 is 9.47 Å². The topological polar surface area (TPSA) is 34.6 Å². The molecular weight excluding hydrogens is 216 g/mol. The van der Waals surface area contributed by atoms with Crippen LogP contribution in [0.25, 0.3) is 0 Å². The predicted molar refractivity (Wildman–Crippen MR) is 65.9 cm³/mol. The number of hydrogen-bond acceptors (Lipinski definition) is 4. The Bertz CT molecular complexity index is 334. The van der Waals surface area contributed by atoms with Crippen molar-refractivity contribution in [2.75, 3.05) is 33.4 Å². The van der Waals surface area contributed by atoms with Crippen LogP contribution in [0.4, 0.5) is 0 Å². The Balaban J connectivity index is 1.65. The molecular formula is C13H20N2O2. The summed E-state index contributed by atoms with van der Waals surface area (Å²) in [5.74, 6) is 0. The molecule has 0 spiro atoms. The van der Waals surface area contributed by atoms with Crippen molar-refractivity contribution in [2.45, 2.75) is 19.6 Å². The molecule has 0 unspecified atom stereocenters. The monoisotopic (exact) mass is 236 g/mol. The lowest BCUT2D eigenvalue weighted by Gasteiger charge is -2.38. The van der Waals surface area contributed by atoms with Crippen LogP contribution >= 0.6 is 0 Å². The number of aromatic nitrogens is 1. The summed E-state index contributed by atoms with van der Waals surface area (Å²) in [6.07, 6.45) is 2.29. The van der Waals surface area contributed by atoms with Crippen LogP contribution < -0.4 is 0 Å². The maximum atomic E-state index is 5.62. The van der Waals surface area contributed by atoms with Crippen LogP contribution in [-0.2, 0) is 16.0 Å². The Morgan fingerprint density at radius 2 is 2.18 bits per heavy atom. The number of likely N-dealkylation sites (tertiary alicyclic amines) is 1. The molecule has 2 heterocycles. The molecule has 0 aliphatic carbocycles. The summed E-state index contributed by atoms with van der Waals surface area (Å²) in [5.41, 5.74) is 2.34. The van der Waals surface area contributed by atoms with E-state index in [2.05, 4.69) is 28.9 Å². The first-order chi connectivity index (χ1) is 8.28. The van der Waals surface area contributed by atoms with Gasteiger partial charge in [0.05, 0.1) is 25.0 Å². The first-order valence-corrected chi connectivity index (χ1v) is 6.02. The predicted octanol–water partition coefficient (Wildman–Crippen LogP) is 1.24. The fourth-order valence-corrected chi connectivity index (χ4v) is 1.88. The smallest absolute Gasteiger partial charge is 0.0830 e. The fraction of sp³-hybridized carbons (Fsp3) is 0.615. The Morgan fingerprint density at radius 1 is 1.35 bits per heavy atom. The van der Waals surface area contributed by atoms with E-state index in [4.69, 9.17) is 9.47 Å². The number of ether oxygens (including phenoxy) is 2. The molecule has 17 heavy (non-hydrogen) atoms. The third-order valence-electron chi connectivity index (χ3n) is 2.92. The summed E-state index contributed by atoms with van der Waals surface area (Å²) >= 11 is 0. The number of nitrogens with zero attached hydrogens (tertiary/aromatic N) is 2. The highest BCUT2D eigenvalue weighted by Gasteiger charge is 2.27. The summed E-state index contributed by atoms with van der Waals surface area (Å²) in [6.45, 7) is 6.34. The highest BCUT2D eigenvalue weighted by Crippen LogP contribution is 2.14. The van der Waals surface area contributed by atoms with Crippen molar-refractivity contribution in [3.05, 3.63) is 29.6 Å². The first kappa shape index (κ1) is 12.5. The average Bonchev–Trinajstić information content (AvgIpc) is 2.28. The van der Waals surface area contributed by atoms with Gasteiger partial charge >= 0.3 is 0 Å². The van der Waals surface area contributed by atoms with E-state index < -0.39 is 0 Å². The van der Waals surface area contributed by atoms with Crippen LogP contribution in [0, 0.1) is 6.92 Å². The van der Waals surface area contributed by atoms with Gasteiger partial charge in [-0.2, -0.15) is 0 Å². The summed E-state index contributed by atoms with van der Waals surface area (Å²) in [7, 11) is 1.69. The van der Waals surface area contributed by atoms with E-state index in [1.165, 1.54) is 5.56 Å². The molecule has 1 aromatic heterocycles. The van der Waals surface area contributed by atoms with Crippen molar-refractivity contribution >= 4 is 0 Å². The minimum absolute atomic E-state index is 0.371. The molecule has 2 rings (SSSR count). The van der Waals surface area contributed by atoms with E-state index in [0.29, 0.717) is 19.3 Å². The van der Waals surface area contributed by atoms with Crippen LogP contribution in [-0.4, -0.2) is 49.4 Å². The molecule has 0 amide bonds. The van der Waals surface area contributed by atoms with E-state index in [9.17, 15) is 0 Å². The molecule has 1 aliphatic rings. The summed E-state index contributed by atoms with van der Waals surface area (Å²) in [4.78, 5) is 6.74. The van der Waals surface area contributed by atoms with Crippen molar-refractivity contribution < 1.29 is 9.47 Å². The SMILES string of the molecule is COCCOC1CN(Cc2ccc(C)cn2)C1. The van der Waals surface area contributed by atoms with Crippen molar-refractivity contribution in [3.8, 4) is 0 Å². The molecule has 0 saturated carbocycles. The number of hydrogen-bond donors (Lipinski definition) is 0. The van der Waals surface area contributed by atoms with Gasteiger partial charge in [0.2, 0.25) is 0 Å². The second-order valence-corrected chi connectivity index (χ2v) is 4.51. The zero-order chi connectivity index (χ0) is 12.1. The van der Waals surface area contributed by atoms with Crippen molar-refractivity contribution in [2.24, 2.45) is 0 Å². The number of pyridine rings is 1. The zero-order valence-corrected chi connectivity index (χ0v) is 10.6. The van der Waals surface area contributed by atoms with Crippen molar-refractivity contribution in [1.29, 1.82) is 0 Å². The molecule has 0 N–H and O–H groups in total. The van der Waals surface area contributed by atoms with Gasteiger partial charge in [-0.3, -0.25) is 9.88 Å². The maximum absolute atomic E-state index is 5.62. The van der Waals surface area contributed by atoms with Gasteiger partial charge in [0, 0.05) is 32.9 Å². The van der Waals surface area contributed by atoms with Crippen molar-refractivity contribution in [3.63, 3.8) is 0 Å². The van der Waals surface area contributed by atoms with Crippen LogP contribution in [0.15, 0.2) is 18.3 Å². The Hall–Kier alpha value is -0.970. The molecule has 1 saturated heterocycles. The molecule has 4 heteroatoms. The third kappa shape index (κ3) is 3.77. The minimum atomic E-state index is 0.371. The minimum Gasteiger partial charge on any atom is -0.382 e. The van der Waals surface area contributed by atoms with Crippen LogP contribution in [0.3, 0.4) is 0 Å². The number of rotatable bonds is 6. The quantitative estimate of drug-likeness (QED) is 0.696. The summed E-state index contributed by atoms with van der Waals surface area (Å²) in [5, 5.41) is 0. The van der Waals surface area contributed by atoms with Gasteiger partial charge in [-0.15, -0.1) is 0 Å². The highest BCUT2D eigenvalue weighted by atomic mass is 16.5. The van der Waals surface area contributed by atoms with Crippen LogP contribution in [0.1, 0.15) is 11.3 Å². The molecule has 94 valence electrons. The summed E-state index contributed by atoms with van der Waals surface area (Å²) in [6, 6.07) is 4.20. The number of aryl methyl sites for hydroxylation is 1.